The lowest BCUT2D eigenvalue weighted by atomic mass is 10.1. The molecule has 0 aromatic heterocycles. The molecule has 3 atom stereocenters. The fourth-order valence-electron chi connectivity index (χ4n) is 2.50. The number of carboxylic acids is 1. The zero-order valence-corrected chi connectivity index (χ0v) is 11.2. The molecule has 2 aliphatic rings. The number of hydrogen-bond acceptors (Lipinski definition) is 3. The molecule has 6 nitrogen and oxygen atoms in total. The first kappa shape index (κ1) is 14.1. The Labute approximate surface area is 112 Å². The molecule has 3 N–H and O–H groups in total. The van der Waals surface area contributed by atoms with E-state index in [1.807, 2.05) is 6.92 Å². The van der Waals surface area contributed by atoms with Gasteiger partial charge in [-0.15, -0.1) is 0 Å². The highest BCUT2D eigenvalue weighted by molar-refractivity contribution is 5.74. The standard InChI is InChI=1S/C13H22N2O4/c1-8(2-5-11(16)17)14-13(18)15-10-6-7-19-12(10)9-3-4-9/h8-10,12H,2-7H2,1H3,(H,16,17)(H2,14,15,18). The van der Waals surface area contributed by atoms with Gasteiger partial charge in [0.25, 0.3) is 0 Å². The summed E-state index contributed by atoms with van der Waals surface area (Å²) in [5.74, 6) is -0.232. The lowest BCUT2D eigenvalue weighted by molar-refractivity contribution is -0.137. The molecule has 1 saturated carbocycles. The molecule has 0 radical (unpaired) electrons. The Balaban J connectivity index is 1.69. The first-order valence-corrected chi connectivity index (χ1v) is 6.96. The van der Waals surface area contributed by atoms with Gasteiger partial charge in [0.1, 0.15) is 0 Å². The summed E-state index contributed by atoms with van der Waals surface area (Å²) in [6, 6.07) is -0.268. The number of ether oxygens (including phenoxy) is 1. The van der Waals surface area contributed by atoms with Crippen molar-refractivity contribution in [3.8, 4) is 0 Å². The van der Waals surface area contributed by atoms with E-state index in [0.717, 1.165) is 6.42 Å². The van der Waals surface area contributed by atoms with Crippen LogP contribution in [-0.4, -0.2) is 41.9 Å². The maximum absolute atomic E-state index is 11.8. The van der Waals surface area contributed by atoms with Crippen molar-refractivity contribution in [1.29, 1.82) is 0 Å². The minimum absolute atomic E-state index is 0.0681. The van der Waals surface area contributed by atoms with Gasteiger partial charge in [-0.05, 0) is 38.5 Å². The second-order valence-electron chi connectivity index (χ2n) is 5.52. The molecule has 0 spiro atoms. The predicted molar refractivity (Wildman–Crippen MR) is 68.9 cm³/mol. The molecular formula is C13H22N2O4. The molecule has 6 heteroatoms. The Hall–Kier alpha value is -1.30. The lowest BCUT2D eigenvalue weighted by Gasteiger charge is -2.21. The van der Waals surface area contributed by atoms with Crippen molar-refractivity contribution in [3.63, 3.8) is 0 Å². The van der Waals surface area contributed by atoms with E-state index in [1.54, 1.807) is 0 Å². The number of carboxylic acid groups (broad SMARTS) is 1. The minimum atomic E-state index is -0.841. The summed E-state index contributed by atoms with van der Waals surface area (Å²) in [6.45, 7) is 2.52. The van der Waals surface area contributed by atoms with Crippen molar-refractivity contribution in [1.82, 2.24) is 10.6 Å². The third-order valence-corrected chi connectivity index (χ3v) is 3.71. The maximum Gasteiger partial charge on any atom is 0.315 e. The van der Waals surface area contributed by atoms with Crippen LogP contribution in [0.3, 0.4) is 0 Å². The molecule has 19 heavy (non-hydrogen) atoms. The normalized spacial score (nSPS) is 27.8. The third-order valence-electron chi connectivity index (χ3n) is 3.71. The second-order valence-corrected chi connectivity index (χ2v) is 5.52. The van der Waals surface area contributed by atoms with Crippen molar-refractivity contribution < 1.29 is 19.4 Å². The first-order chi connectivity index (χ1) is 9.06. The quantitative estimate of drug-likeness (QED) is 0.674. The van der Waals surface area contributed by atoms with Crippen LogP contribution >= 0.6 is 0 Å². The highest BCUT2D eigenvalue weighted by atomic mass is 16.5. The Kier molecular flexibility index (Phi) is 4.63. The zero-order chi connectivity index (χ0) is 13.8. The lowest BCUT2D eigenvalue weighted by Crippen LogP contribution is -2.48. The number of amides is 2. The van der Waals surface area contributed by atoms with E-state index in [9.17, 15) is 9.59 Å². The van der Waals surface area contributed by atoms with E-state index >= 15 is 0 Å². The van der Waals surface area contributed by atoms with E-state index in [2.05, 4.69) is 10.6 Å². The maximum atomic E-state index is 11.8. The highest BCUT2D eigenvalue weighted by Gasteiger charge is 2.41. The number of hydrogen-bond donors (Lipinski definition) is 3. The van der Waals surface area contributed by atoms with E-state index in [4.69, 9.17) is 9.84 Å². The van der Waals surface area contributed by atoms with E-state index in [-0.39, 0.29) is 30.6 Å². The Morgan fingerprint density at radius 3 is 2.74 bits per heavy atom. The zero-order valence-electron chi connectivity index (χ0n) is 11.2. The highest BCUT2D eigenvalue weighted by Crippen LogP contribution is 2.38. The topological polar surface area (TPSA) is 87.7 Å². The van der Waals surface area contributed by atoms with Gasteiger partial charge in [0.05, 0.1) is 12.1 Å². The largest absolute Gasteiger partial charge is 0.481 e. The summed E-state index contributed by atoms with van der Waals surface area (Å²) in [5.41, 5.74) is 0. The summed E-state index contributed by atoms with van der Waals surface area (Å²) >= 11 is 0. The third kappa shape index (κ3) is 4.38. The number of urea groups is 1. The van der Waals surface area contributed by atoms with Crippen LogP contribution in [0, 0.1) is 5.92 Å². The van der Waals surface area contributed by atoms with Crippen molar-refractivity contribution in [3.05, 3.63) is 0 Å². The van der Waals surface area contributed by atoms with Crippen molar-refractivity contribution in [2.45, 2.75) is 57.2 Å². The van der Waals surface area contributed by atoms with E-state index in [0.29, 0.717) is 18.9 Å². The average Bonchev–Trinajstić information content (AvgIpc) is 3.08. The van der Waals surface area contributed by atoms with Gasteiger partial charge < -0.3 is 20.5 Å². The molecule has 0 aromatic carbocycles. The molecule has 2 rings (SSSR count). The van der Waals surface area contributed by atoms with E-state index < -0.39 is 5.97 Å². The van der Waals surface area contributed by atoms with Gasteiger partial charge in [0.15, 0.2) is 0 Å². The average molecular weight is 270 g/mol. The molecule has 1 heterocycles. The van der Waals surface area contributed by atoms with Crippen LogP contribution in [0.25, 0.3) is 0 Å². The first-order valence-electron chi connectivity index (χ1n) is 6.96. The second kappa shape index (κ2) is 6.23. The molecule has 2 fully saturated rings. The van der Waals surface area contributed by atoms with Gasteiger partial charge in [-0.1, -0.05) is 0 Å². The van der Waals surface area contributed by atoms with Gasteiger partial charge in [0.2, 0.25) is 0 Å². The van der Waals surface area contributed by atoms with Gasteiger partial charge in [-0.3, -0.25) is 4.79 Å². The van der Waals surface area contributed by atoms with Gasteiger partial charge in [-0.2, -0.15) is 0 Å². The summed E-state index contributed by atoms with van der Waals surface area (Å²) in [6.07, 6.45) is 3.92. The van der Waals surface area contributed by atoms with Gasteiger partial charge in [-0.25, -0.2) is 4.79 Å². The molecule has 0 bridgehead atoms. The monoisotopic (exact) mass is 270 g/mol. The number of aliphatic carboxylic acids is 1. The molecule has 1 aliphatic heterocycles. The van der Waals surface area contributed by atoms with Crippen LogP contribution in [0.1, 0.15) is 39.0 Å². The minimum Gasteiger partial charge on any atom is -0.481 e. The molecule has 1 saturated heterocycles. The Morgan fingerprint density at radius 2 is 2.11 bits per heavy atom. The van der Waals surface area contributed by atoms with Crippen LogP contribution in [0.4, 0.5) is 4.79 Å². The molecule has 0 aromatic rings. The number of carbonyl (C=O) groups excluding carboxylic acids is 1. The SMILES string of the molecule is CC(CCC(=O)O)NC(=O)NC1CCOC1C1CC1. The van der Waals surface area contributed by atoms with Crippen LogP contribution in [0.2, 0.25) is 0 Å². The van der Waals surface area contributed by atoms with Crippen molar-refractivity contribution >= 4 is 12.0 Å². The Morgan fingerprint density at radius 1 is 1.37 bits per heavy atom. The fraction of sp³-hybridized carbons (Fsp3) is 0.846. The number of nitrogens with one attached hydrogen (secondary N) is 2. The predicted octanol–water partition coefficient (Wildman–Crippen LogP) is 1.11. The van der Waals surface area contributed by atoms with Crippen LogP contribution in [0.15, 0.2) is 0 Å². The van der Waals surface area contributed by atoms with Gasteiger partial charge >= 0.3 is 12.0 Å². The fourth-order valence-corrected chi connectivity index (χ4v) is 2.50. The van der Waals surface area contributed by atoms with Crippen molar-refractivity contribution in [2.75, 3.05) is 6.61 Å². The summed E-state index contributed by atoms with van der Waals surface area (Å²) in [7, 11) is 0. The molecule has 108 valence electrons. The van der Waals surface area contributed by atoms with E-state index in [1.165, 1.54) is 12.8 Å². The summed E-state index contributed by atoms with van der Waals surface area (Å²) in [4.78, 5) is 22.3. The smallest absolute Gasteiger partial charge is 0.315 e. The molecule has 2 amide bonds. The molecule has 3 unspecified atom stereocenters. The van der Waals surface area contributed by atoms with Gasteiger partial charge in [0, 0.05) is 19.1 Å². The number of rotatable bonds is 6. The van der Waals surface area contributed by atoms with Crippen molar-refractivity contribution in [2.24, 2.45) is 5.92 Å². The molecular weight excluding hydrogens is 248 g/mol. The Bertz CT molecular complexity index is 344. The summed E-state index contributed by atoms with van der Waals surface area (Å²) < 4.78 is 5.65. The number of carbonyl (C=O) groups is 2. The molecule has 1 aliphatic carbocycles. The van der Waals surface area contributed by atoms with Crippen LogP contribution < -0.4 is 10.6 Å². The van der Waals surface area contributed by atoms with Crippen LogP contribution in [0.5, 0.6) is 0 Å². The summed E-state index contributed by atoms with van der Waals surface area (Å²) in [5, 5.41) is 14.3. The van der Waals surface area contributed by atoms with Crippen LogP contribution in [-0.2, 0) is 9.53 Å².